The van der Waals surface area contributed by atoms with Gasteiger partial charge in [-0.15, -0.1) is 0 Å². The average Bonchev–Trinajstić information content (AvgIpc) is 2.85. The molecule has 0 atom stereocenters. The molecule has 0 unspecified atom stereocenters. The van der Waals surface area contributed by atoms with Crippen molar-refractivity contribution in [2.45, 2.75) is 0 Å². The second kappa shape index (κ2) is 3.75. The third-order valence-electron chi connectivity index (χ3n) is 3.71. The summed E-state index contributed by atoms with van der Waals surface area (Å²) in [7, 11) is 1.70. The van der Waals surface area contributed by atoms with Crippen LogP contribution < -0.4 is 4.74 Å². The molecule has 0 saturated carbocycles. The molecule has 0 aliphatic heterocycles. The zero-order valence-electron chi connectivity index (χ0n) is 10.6. The van der Waals surface area contributed by atoms with E-state index in [4.69, 9.17) is 4.74 Å². The van der Waals surface area contributed by atoms with Crippen LogP contribution in [0.1, 0.15) is 0 Å². The van der Waals surface area contributed by atoms with Crippen molar-refractivity contribution in [3.8, 4) is 5.75 Å². The molecule has 1 aromatic heterocycles. The van der Waals surface area contributed by atoms with Gasteiger partial charge in [0.25, 0.3) is 0 Å². The molecule has 2 heteroatoms. The van der Waals surface area contributed by atoms with E-state index in [1.54, 1.807) is 7.11 Å². The Kier molecular flexibility index (Phi) is 2.06. The molecule has 4 rings (SSSR count). The number of aromatic nitrogens is 1. The van der Waals surface area contributed by atoms with E-state index in [0.717, 1.165) is 5.75 Å². The summed E-state index contributed by atoms with van der Waals surface area (Å²) >= 11 is 0. The van der Waals surface area contributed by atoms with Crippen LogP contribution in [0, 0.1) is 0 Å². The van der Waals surface area contributed by atoms with Crippen molar-refractivity contribution in [1.82, 2.24) is 4.98 Å². The molecule has 3 aromatic carbocycles. The third-order valence-corrected chi connectivity index (χ3v) is 3.71. The number of para-hydroxylation sites is 1. The van der Waals surface area contributed by atoms with Gasteiger partial charge in [-0.2, -0.15) is 0 Å². The summed E-state index contributed by atoms with van der Waals surface area (Å²) in [4.78, 5) is 3.52. The SMILES string of the molecule is COc1ccc2ccc3c4ccccc4[nH]c3c2c1. The molecule has 4 aromatic rings. The number of ether oxygens (including phenoxy) is 1. The number of hydrogen-bond donors (Lipinski definition) is 1. The number of H-pyrrole nitrogens is 1. The molecular weight excluding hydrogens is 234 g/mol. The first-order chi connectivity index (χ1) is 9.36. The largest absolute Gasteiger partial charge is 0.497 e. The highest BCUT2D eigenvalue weighted by atomic mass is 16.5. The lowest BCUT2D eigenvalue weighted by atomic mass is 10.1. The molecule has 19 heavy (non-hydrogen) atoms. The predicted octanol–water partition coefficient (Wildman–Crippen LogP) is 4.48. The van der Waals surface area contributed by atoms with Gasteiger partial charge in [0.1, 0.15) is 5.75 Å². The van der Waals surface area contributed by atoms with Crippen LogP contribution in [0.5, 0.6) is 5.75 Å². The maximum atomic E-state index is 5.33. The van der Waals surface area contributed by atoms with Crippen molar-refractivity contribution in [2.24, 2.45) is 0 Å². The van der Waals surface area contributed by atoms with Crippen LogP contribution in [-0.2, 0) is 0 Å². The lowest BCUT2D eigenvalue weighted by Gasteiger charge is -2.03. The smallest absolute Gasteiger partial charge is 0.119 e. The molecule has 2 nitrogen and oxygen atoms in total. The van der Waals surface area contributed by atoms with E-state index in [0.29, 0.717) is 0 Å². The Labute approximate surface area is 110 Å². The van der Waals surface area contributed by atoms with Gasteiger partial charge in [0.2, 0.25) is 0 Å². The minimum absolute atomic E-state index is 0.888. The topological polar surface area (TPSA) is 25.0 Å². The van der Waals surface area contributed by atoms with Gasteiger partial charge < -0.3 is 9.72 Å². The number of aromatic amines is 1. The highest BCUT2D eigenvalue weighted by molar-refractivity contribution is 6.17. The van der Waals surface area contributed by atoms with E-state index < -0.39 is 0 Å². The summed E-state index contributed by atoms with van der Waals surface area (Å²) in [6, 6.07) is 18.9. The summed E-state index contributed by atoms with van der Waals surface area (Å²) in [6.45, 7) is 0. The summed E-state index contributed by atoms with van der Waals surface area (Å²) < 4.78 is 5.33. The van der Waals surface area contributed by atoms with E-state index in [-0.39, 0.29) is 0 Å². The van der Waals surface area contributed by atoms with Crippen molar-refractivity contribution in [1.29, 1.82) is 0 Å². The van der Waals surface area contributed by atoms with Crippen molar-refractivity contribution in [2.75, 3.05) is 7.11 Å². The molecule has 0 bridgehead atoms. The number of fused-ring (bicyclic) bond motifs is 5. The third kappa shape index (κ3) is 1.43. The second-order valence-electron chi connectivity index (χ2n) is 4.75. The minimum atomic E-state index is 0.888. The van der Waals surface area contributed by atoms with Crippen molar-refractivity contribution < 1.29 is 4.74 Å². The Morgan fingerprint density at radius 1 is 0.842 bits per heavy atom. The highest BCUT2D eigenvalue weighted by Gasteiger charge is 2.07. The van der Waals surface area contributed by atoms with Gasteiger partial charge in [0.05, 0.1) is 12.6 Å². The Morgan fingerprint density at radius 2 is 1.68 bits per heavy atom. The van der Waals surface area contributed by atoms with Gasteiger partial charge in [-0.1, -0.05) is 36.4 Å². The van der Waals surface area contributed by atoms with Crippen LogP contribution >= 0.6 is 0 Å². The maximum Gasteiger partial charge on any atom is 0.119 e. The fraction of sp³-hybridized carbons (Fsp3) is 0.0588. The van der Waals surface area contributed by atoms with Gasteiger partial charge >= 0.3 is 0 Å². The lowest BCUT2D eigenvalue weighted by molar-refractivity contribution is 0.415. The van der Waals surface area contributed by atoms with Crippen LogP contribution in [0.25, 0.3) is 32.6 Å². The Balaban J connectivity index is 2.23. The molecule has 0 saturated heterocycles. The molecule has 92 valence electrons. The zero-order valence-corrected chi connectivity index (χ0v) is 10.6. The number of rotatable bonds is 1. The molecule has 0 amide bonds. The summed E-state index contributed by atoms with van der Waals surface area (Å²) in [5, 5.41) is 4.95. The standard InChI is InChI=1S/C17H13NO/c1-19-12-8-6-11-7-9-14-13-4-2-3-5-16(13)18-17(14)15(11)10-12/h2-10,18H,1H3. The lowest BCUT2D eigenvalue weighted by Crippen LogP contribution is -1.83. The number of methoxy groups -OCH3 is 1. The Hall–Kier alpha value is -2.48. The van der Waals surface area contributed by atoms with Gasteiger partial charge in [-0.3, -0.25) is 0 Å². The second-order valence-corrected chi connectivity index (χ2v) is 4.75. The first-order valence-corrected chi connectivity index (χ1v) is 6.34. The van der Waals surface area contributed by atoms with E-state index >= 15 is 0 Å². The first kappa shape index (κ1) is 10.4. The van der Waals surface area contributed by atoms with Crippen molar-refractivity contribution >= 4 is 32.6 Å². The molecule has 0 fully saturated rings. The average molecular weight is 247 g/mol. The van der Waals surface area contributed by atoms with Crippen LogP contribution in [-0.4, -0.2) is 12.1 Å². The first-order valence-electron chi connectivity index (χ1n) is 6.34. The van der Waals surface area contributed by atoms with E-state index in [1.165, 1.54) is 32.6 Å². The van der Waals surface area contributed by atoms with Gasteiger partial charge in [-0.25, -0.2) is 0 Å². The molecule has 1 heterocycles. The molecule has 0 spiro atoms. The summed E-state index contributed by atoms with van der Waals surface area (Å²) in [5.41, 5.74) is 2.35. The van der Waals surface area contributed by atoms with Gasteiger partial charge in [0, 0.05) is 21.7 Å². The molecular formula is C17H13NO. The Bertz CT molecular complexity index is 905. The van der Waals surface area contributed by atoms with Crippen LogP contribution in [0.2, 0.25) is 0 Å². The van der Waals surface area contributed by atoms with Crippen molar-refractivity contribution in [3.63, 3.8) is 0 Å². The van der Waals surface area contributed by atoms with E-state index in [9.17, 15) is 0 Å². The van der Waals surface area contributed by atoms with E-state index in [1.807, 2.05) is 6.07 Å². The number of nitrogens with one attached hydrogen (secondary N) is 1. The van der Waals surface area contributed by atoms with Crippen LogP contribution in [0.4, 0.5) is 0 Å². The van der Waals surface area contributed by atoms with Gasteiger partial charge in [0.15, 0.2) is 0 Å². The predicted molar refractivity (Wildman–Crippen MR) is 79.9 cm³/mol. The van der Waals surface area contributed by atoms with Crippen LogP contribution in [0.15, 0.2) is 54.6 Å². The zero-order chi connectivity index (χ0) is 12.8. The highest BCUT2D eigenvalue weighted by Crippen LogP contribution is 2.32. The summed E-state index contributed by atoms with van der Waals surface area (Å²) in [5.74, 6) is 0.888. The van der Waals surface area contributed by atoms with Gasteiger partial charge in [-0.05, 0) is 23.6 Å². The minimum Gasteiger partial charge on any atom is -0.497 e. The molecule has 0 aliphatic carbocycles. The number of hydrogen-bond acceptors (Lipinski definition) is 1. The summed E-state index contributed by atoms with van der Waals surface area (Å²) in [6.07, 6.45) is 0. The number of benzene rings is 3. The molecule has 1 N–H and O–H groups in total. The van der Waals surface area contributed by atoms with Crippen molar-refractivity contribution in [3.05, 3.63) is 54.6 Å². The molecule has 0 radical (unpaired) electrons. The quantitative estimate of drug-likeness (QED) is 0.527. The monoisotopic (exact) mass is 247 g/mol. The van der Waals surface area contributed by atoms with E-state index in [2.05, 4.69) is 53.5 Å². The maximum absolute atomic E-state index is 5.33. The molecule has 0 aliphatic rings. The fourth-order valence-corrected chi connectivity index (χ4v) is 2.75. The Morgan fingerprint density at radius 3 is 2.58 bits per heavy atom. The fourth-order valence-electron chi connectivity index (χ4n) is 2.75. The normalized spacial score (nSPS) is 11.4. The van der Waals surface area contributed by atoms with Crippen LogP contribution in [0.3, 0.4) is 0 Å².